The standard InChI is InChI=1S/C19H26ClNO3/c1-3-24-19(23)10-9-18(15-22)21(12-11-16(2)13-20)14-17-7-5-4-6-8-17/h4-11,18,22H,3,12-15H2,1-2H3/b10-9+,16-11+. The highest BCUT2D eigenvalue weighted by Crippen LogP contribution is 2.11. The maximum atomic E-state index is 11.5. The number of ether oxygens (including phenoxy) is 1. The second-order valence-electron chi connectivity index (χ2n) is 5.46. The largest absolute Gasteiger partial charge is 0.463 e. The highest BCUT2D eigenvalue weighted by molar-refractivity contribution is 6.19. The molecule has 0 aliphatic carbocycles. The molecular formula is C19H26ClNO3. The summed E-state index contributed by atoms with van der Waals surface area (Å²) in [4.78, 5) is 13.6. The van der Waals surface area contributed by atoms with Crippen LogP contribution in [0.25, 0.3) is 0 Å². The van der Waals surface area contributed by atoms with E-state index in [1.54, 1.807) is 13.0 Å². The number of allylic oxidation sites excluding steroid dienone is 1. The average Bonchev–Trinajstić information content (AvgIpc) is 2.60. The fourth-order valence-electron chi connectivity index (χ4n) is 2.14. The van der Waals surface area contributed by atoms with Crippen LogP contribution in [0.3, 0.4) is 0 Å². The van der Waals surface area contributed by atoms with E-state index in [1.165, 1.54) is 6.08 Å². The van der Waals surface area contributed by atoms with Gasteiger partial charge in [-0.15, -0.1) is 11.6 Å². The number of esters is 1. The second-order valence-corrected chi connectivity index (χ2v) is 5.73. The molecule has 0 radical (unpaired) electrons. The SMILES string of the molecule is CCOC(=O)/C=C/C(CO)N(C/C=C(\C)CCl)Cc1ccccc1. The first-order chi connectivity index (χ1) is 11.6. The molecule has 1 N–H and O–H groups in total. The van der Waals surface area contributed by atoms with Crippen LogP contribution in [-0.2, 0) is 16.1 Å². The Kier molecular flexibility index (Phi) is 10.1. The number of carbonyl (C=O) groups excluding carboxylic acids is 1. The van der Waals surface area contributed by atoms with E-state index in [-0.39, 0.29) is 12.6 Å². The van der Waals surface area contributed by atoms with Crippen molar-refractivity contribution in [3.05, 3.63) is 59.7 Å². The Morgan fingerprint density at radius 1 is 1.38 bits per heavy atom. The van der Waals surface area contributed by atoms with Crippen molar-refractivity contribution in [2.45, 2.75) is 26.4 Å². The van der Waals surface area contributed by atoms with Gasteiger partial charge in [0.25, 0.3) is 0 Å². The summed E-state index contributed by atoms with van der Waals surface area (Å²) >= 11 is 5.84. The maximum Gasteiger partial charge on any atom is 0.330 e. The van der Waals surface area contributed by atoms with E-state index in [4.69, 9.17) is 16.3 Å². The van der Waals surface area contributed by atoms with E-state index in [0.717, 1.165) is 11.1 Å². The van der Waals surface area contributed by atoms with Crippen LogP contribution in [0.2, 0.25) is 0 Å². The number of nitrogens with zero attached hydrogens (tertiary/aromatic N) is 1. The Morgan fingerprint density at radius 2 is 2.08 bits per heavy atom. The van der Waals surface area contributed by atoms with Crippen molar-refractivity contribution in [2.24, 2.45) is 0 Å². The highest BCUT2D eigenvalue weighted by Gasteiger charge is 2.15. The molecule has 1 atom stereocenters. The van der Waals surface area contributed by atoms with Gasteiger partial charge in [0.1, 0.15) is 0 Å². The van der Waals surface area contributed by atoms with E-state index >= 15 is 0 Å². The number of alkyl halides is 1. The smallest absolute Gasteiger partial charge is 0.330 e. The van der Waals surface area contributed by atoms with Crippen molar-refractivity contribution in [2.75, 3.05) is 25.6 Å². The third-order valence-electron chi connectivity index (χ3n) is 3.51. The third kappa shape index (κ3) is 7.77. The monoisotopic (exact) mass is 351 g/mol. The van der Waals surface area contributed by atoms with Crippen molar-refractivity contribution >= 4 is 17.6 Å². The van der Waals surface area contributed by atoms with Gasteiger partial charge in [-0.1, -0.05) is 48.1 Å². The van der Waals surface area contributed by atoms with E-state index in [1.807, 2.05) is 43.3 Å². The molecule has 1 aromatic rings. The topological polar surface area (TPSA) is 49.8 Å². The van der Waals surface area contributed by atoms with Crippen molar-refractivity contribution in [1.29, 1.82) is 0 Å². The summed E-state index contributed by atoms with van der Waals surface area (Å²) in [6.45, 7) is 5.26. The van der Waals surface area contributed by atoms with Gasteiger partial charge < -0.3 is 9.84 Å². The minimum absolute atomic E-state index is 0.0868. The van der Waals surface area contributed by atoms with Gasteiger partial charge in [-0.05, 0) is 19.4 Å². The Hall–Kier alpha value is -1.62. The van der Waals surface area contributed by atoms with Gasteiger partial charge in [-0.3, -0.25) is 4.90 Å². The highest BCUT2D eigenvalue weighted by atomic mass is 35.5. The van der Waals surface area contributed by atoms with Gasteiger partial charge in [0.15, 0.2) is 0 Å². The lowest BCUT2D eigenvalue weighted by Gasteiger charge is -2.27. The van der Waals surface area contributed by atoms with E-state index in [0.29, 0.717) is 25.6 Å². The molecule has 0 fully saturated rings. The molecule has 132 valence electrons. The molecule has 0 saturated carbocycles. The number of hydrogen-bond donors (Lipinski definition) is 1. The molecule has 5 heteroatoms. The summed E-state index contributed by atoms with van der Waals surface area (Å²) in [6, 6.07) is 9.72. The lowest BCUT2D eigenvalue weighted by Crippen LogP contribution is -2.36. The minimum atomic E-state index is -0.400. The van der Waals surface area contributed by atoms with Crippen LogP contribution < -0.4 is 0 Å². The molecular weight excluding hydrogens is 326 g/mol. The fourth-order valence-corrected chi connectivity index (χ4v) is 2.25. The molecule has 1 unspecified atom stereocenters. The summed E-state index contributed by atoms with van der Waals surface area (Å²) < 4.78 is 4.90. The first kappa shape index (κ1) is 20.4. The zero-order chi connectivity index (χ0) is 17.8. The molecule has 1 aromatic carbocycles. The number of aliphatic hydroxyl groups is 1. The molecule has 24 heavy (non-hydrogen) atoms. The molecule has 1 rings (SSSR count). The molecule has 0 aliphatic rings. The normalized spacial score (nSPS) is 13.5. The van der Waals surface area contributed by atoms with Gasteiger partial charge in [0.2, 0.25) is 0 Å². The van der Waals surface area contributed by atoms with Crippen molar-refractivity contribution in [3.8, 4) is 0 Å². The molecule has 4 nitrogen and oxygen atoms in total. The van der Waals surface area contributed by atoms with Crippen LogP contribution in [-0.4, -0.2) is 47.7 Å². The minimum Gasteiger partial charge on any atom is -0.463 e. The average molecular weight is 352 g/mol. The van der Waals surface area contributed by atoms with Gasteiger partial charge in [-0.25, -0.2) is 4.79 Å². The molecule has 0 spiro atoms. The van der Waals surface area contributed by atoms with Gasteiger partial charge in [0, 0.05) is 25.0 Å². The number of carbonyl (C=O) groups is 1. The van der Waals surface area contributed by atoms with Crippen molar-refractivity contribution < 1.29 is 14.6 Å². The molecule has 0 aromatic heterocycles. The molecule has 0 heterocycles. The summed E-state index contributed by atoms with van der Waals surface area (Å²) in [5.41, 5.74) is 2.21. The second kappa shape index (κ2) is 11.8. The van der Waals surface area contributed by atoms with Crippen LogP contribution in [0.5, 0.6) is 0 Å². The predicted octanol–water partition coefficient (Wildman–Crippen LogP) is 3.15. The summed E-state index contributed by atoms with van der Waals surface area (Å²) in [5, 5.41) is 9.75. The number of benzene rings is 1. The lowest BCUT2D eigenvalue weighted by atomic mass is 10.1. The zero-order valence-corrected chi connectivity index (χ0v) is 15.1. The summed E-state index contributed by atoms with van der Waals surface area (Å²) in [5.74, 6) is 0.0739. The maximum absolute atomic E-state index is 11.5. The Morgan fingerprint density at radius 3 is 2.67 bits per heavy atom. The van der Waals surface area contributed by atoms with Crippen molar-refractivity contribution in [3.63, 3.8) is 0 Å². The summed E-state index contributed by atoms with van der Waals surface area (Å²) in [7, 11) is 0. The van der Waals surface area contributed by atoms with Gasteiger partial charge in [-0.2, -0.15) is 0 Å². The molecule has 0 saturated heterocycles. The first-order valence-electron chi connectivity index (χ1n) is 8.06. The van der Waals surface area contributed by atoms with Gasteiger partial charge in [0.05, 0.1) is 19.3 Å². The Balaban J connectivity index is 2.89. The quantitative estimate of drug-likeness (QED) is 0.304. The number of halogens is 1. The van der Waals surface area contributed by atoms with Crippen LogP contribution in [0.15, 0.2) is 54.1 Å². The third-order valence-corrected chi connectivity index (χ3v) is 3.93. The Bertz CT molecular complexity index is 543. The molecule has 0 amide bonds. The molecule has 0 aliphatic heterocycles. The van der Waals surface area contributed by atoms with Crippen LogP contribution in [0.4, 0.5) is 0 Å². The first-order valence-corrected chi connectivity index (χ1v) is 8.59. The van der Waals surface area contributed by atoms with Crippen molar-refractivity contribution in [1.82, 2.24) is 4.90 Å². The van der Waals surface area contributed by atoms with Crippen LogP contribution in [0, 0.1) is 0 Å². The Labute approximate surface area is 149 Å². The predicted molar refractivity (Wildman–Crippen MR) is 98.0 cm³/mol. The van der Waals surface area contributed by atoms with E-state index < -0.39 is 5.97 Å². The molecule has 0 bridgehead atoms. The lowest BCUT2D eigenvalue weighted by molar-refractivity contribution is -0.137. The van der Waals surface area contributed by atoms with E-state index in [9.17, 15) is 9.90 Å². The van der Waals surface area contributed by atoms with Crippen LogP contribution in [0.1, 0.15) is 19.4 Å². The summed E-state index contributed by atoms with van der Waals surface area (Å²) in [6.07, 6.45) is 5.10. The van der Waals surface area contributed by atoms with Crippen LogP contribution >= 0.6 is 11.6 Å². The number of aliphatic hydroxyl groups excluding tert-OH is 1. The van der Waals surface area contributed by atoms with Gasteiger partial charge >= 0.3 is 5.97 Å². The fraction of sp³-hybridized carbons (Fsp3) is 0.421. The number of hydrogen-bond acceptors (Lipinski definition) is 4. The number of rotatable bonds is 10. The zero-order valence-electron chi connectivity index (χ0n) is 14.3. The van der Waals surface area contributed by atoms with E-state index in [2.05, 4.69) is 4.90 Å².